The highest BCUT2D eigenvalue weighted by molar-refractivity contribution is 5.96. The number of nitrogen functional groups attached to an aromatic ring is 1. The highest BCUT2D eigenvalue weighted by atomic mass is 19.1. The summed E-state index contributed by atoms with van der Waals surface area (Å²) in [6, 6.07) is 12.9. The lowest BCUT2D eigenvalue weighted by Crippen LogP contribution is -2.16. The number of carbonyl (C=O) groups excluding carboxylic acids is 1. The molecule has 6 nitrogen and oxygen atoms in total. The average molecular weight is 311 g/mol. The normalized spacial score (nSPS) is 10.5. The minimum atomic E-state index is -0.391. The van der Waals surface area contributed by atoms with Crippen molar-refractivity contribution in [3.8, 4) is 0 Å². The number of aromatic nitrogens is 3. The lowest BCUT2D eigenvalue weighted by atomic mass is 10.1. The molecule has 0 amide bonds. The zero-order valence-corrected chi connectivity index (χ0v) is 12.3. The van der Waals surface area contributed by atoms with E-state index >= 15 is 0 Å². The Morgan fingerprint density at radius 2 is 1.96 bits per heavy atom. The molecule has 1 aromatic heterocycles. The van der Waals surface area contributed by atoms with Gasteiger partial charge < -0.3 is 11.1 Å². The Balaban J connectivity index is 1.86. The van der Waals surface area contributed by atoms with Crippen LogP contribution < -0.4 is 11.1 Å². The van der Waals surface area contributed by atoms with E-state index in [-0.39, 0.29) is 17.8 Å². The molecule has 0 radical (unpaired) electrons. The van der Waals surface area contributed by atoms with Crippen LogP contribution in [0.3, 0.4) is 0 Å². The third-order valence-electron chi connectivity index (χ3n) is 3.20. The van der Waals surface area contributed by atoms with Crippen LogP contribution in [0.5, 0.6) is 0 Å². The Labute approximate surface area is 131 Å². The van der Waals surface area contributed by atoms with Gasteiger partial charge in [-0.1, -0.05) is 23.8 Å². The molecule has 3 rings (SSSR count). The first-order valence-corrected chi connectivity index (χ1v) is 6.89. The molecule has 116 valence electrons. The smallest absolute Gasteiger partial charge is 0.281 e. The van der Waals surface area contributed by atoms with Crippen LogP contribution >= 0.6 is 0 Å². The van der Waals surface area contributed by atoms with Gasteiger partial charge in [0.1, 0.15) is 5.82 Å². The molecule has 0 spiro atoms. The standard InChI is InChI=1S/C16H14FN5O/c1-10-5-7-11(8-6-10)14(23)22-15(18)20-16(21-22)19-13-4-2-3-12(17)9-13/h2-9H,1H3,(H3,18,19,20,21). The monoisotopic (exact) mass is 311 g/mol. The molecule has 7 heteroatoms. The fraction of sp³-hybridized carbons (Fsp3) is 0.0625. The van der Waals surface area contributed by atoms with Gasteiger partial charge in [-0.15, -0.1) is 5.10 Å². The summed E-state index contributed by atoms with van der Waals surface area (Å²) < 4.78 is 14.2. The van der Waals surface area contributed by atoms with Gasteiger partial charge in [0.05, 0.1) is 0 Å². The van der Waals surface area contributed by atoms with Gasteiger partial charge in [-0.05, 0) is 37.3 Å². The molecule has 3 N–H and O–H groups in total. The molecule has 1 heterocycles. The summed E-state index contributed by atoms with van der Waals surface area (Å²) in [5, 5.41) is 6.84. The van der Waals surface area contributed by atoms with Gasteiger partial charge >= 0.3 is 0 Å². The summed E-state index contributed by atoms with van der Waals surface area (Å²) in [4.78, 5) is 16.4. The summed E-state index contributed by atoms with van der Waals surface area (Å²) in [7, 11) is 0. The van der Waals surface area contributed by atoms with Gasteiger partial charge in [0.25, 0.3) is 5.91 Å². The molecular formula is C16H14FN5O. The second kappa shape index (κ2) is 5.88. The number of benzene rings is 2. The van der Waals surface area contributed by atoms with Crippen LogP contribution in [0.1, 0.15) is 15.9 Å². The predicted molar refractivity (Wildman–Crippen MR) is 85.0 cm³/mol. The fourth-order valence-corrected chi connectivity index (χ4v) is 2.04. The van der Waals surface area contributed by atoms with Gasteiger partial charge in [-0.3, -0.25) is 4.79 Å². The van der Waals surface area contributed by atoms with Crippen molar-refractivity contribution in [3.63, 3.8) is 0 Å². The Morgan fingerprint density at radius 1 is 1.22 bits per heavy atom. The number of aryl methyl sites for hydroxylation is 1. The van der Waals surface area contributed by atoms with Gasteiger partial charge in [0.2, 0.25) is 11.9 Å². The van der Waals surface area contributed by atoms with Crippen molar-refractivity contribution >= 4 is 23.5 Å². The van der Waals surface area contributed by atoms with Gasteiger partial charge in [0, 0.05) is 11.3 Å². The van der Waals surface area contributed by atoms with E-state index in [1.54, 1.807) is 24.3 Å². The van der Waals surface area contributed by atoms with E-state index < -0.39 is 5.82 Å². The van der Waals surface area contributed by atoms with E-state index in [9.17, 15) is 9.18 Å². The zero-order valence-electron chi connectivity index (χ0n) is 12.3. The van der Waals surface area contributed by atoms with Crippen molar-refractivity contribution in [1.82, 2.24) is 14.8 Å². The number of anilines is 3. The van der Waals surface area contributed by atoms with E-state index in [2.05, 4.69) is 15.4 Å². The molecule has 0 bridgehead atoms. The molecule has 0 aliphatic rings. The van der Waals surface area contributed by atoms with E-state index in [0.717, 1.165) is 10.2 Å². The van der Waals surface area contributed by atoms with Crippen molar-refractivity contribution in [2.24, 2.45) is 0 Å². The third kappa shape index (κ3) is 3.18. The number of halogens is 1. The van der Waals surface area contributed by atoms with Crippen LogP contribution in [0, 0.1) is 12.7 Å². The van der Waals surface area contributed by atoms with Gasteiger partial charge in [0.15, 0.2) is 0 Å². The van der Waals surface area contributed by atoms with Crippen molar-refractivity contribution < 1.29 is 9.18 Å². The second-order valence-corrected chi connectivity index (χ2v) is 5.01. The lowest BCUT2D eigenvalue weighted by Gasteiger charge is -2.02. The number of nitrogens with two attached hydrogens (primary N) is 1. The Morgan fingerprint density at radius 3 is 2.65 bits per heavy atom. The Kier molecular flexibility index (Phi) is 3.76. The molecule has 0 fully saturated rings. The maximum atomic E-state index is 13.2. The maximum absolute atomic E-state index is 13.2. The number of hydrogen-bond donors (Lipinski definition) is 2. The van der Waals surface area contributed by atoms with Crippen molar-refractivity contribution in [1.29, 1.82) is 0 Å². The van der Waals surface area contributed by atoms with Crippen LogP contribution in [-0.2, 0) is 0 Å². The summed E-state index contributed by atoms with van der Waals surface area (Å²) in [6.45, 7) is 1.93. The highest BCUT2D eigenvalue weighted by Gasteiger charge is 2.16. The molecular weight excluding hydrogens is 297 g/mol. The maximum Gasteiger partial charge on any atom is 0.281 e. The van der Waals surface area contributed by atoms with Crippen molar-refractivity contribution in [2.75, 3.05) is 11.1 Å². The molecule has 23 heavy (non-hydrogen) atoms. The topological polar surface area (TPSA) is 85.8 Å². The van der Waals surface area contributed by atoms with E-state index in [4.69, 9.17) is 5.73 Å². The summed E-state index contributed by atoms with van der Waals surface area (Å²) >= 11 is 0. The van der Waals surface area contributed by atoms with E-state index in [1.165, 1.54) is 12.1 Å². The summed E-state index contributed by atoms with van der Waals surface area (Å²) in [5.41, 5.74) is 7.70. The molecule has 0 unspecified atom stereocenters. The van der Waals surface area contributed by atoms with Crippen LogP contribution in [0.2, 0.25) is 0 Å². The summed E-state index contributed by atoms with van der Waals surface area (Å²) in [5.74, 6) is -0.705. The minimum Gasteiger partial charge on any atom is -0.368 e. The minimum absolute atomic E-state index is 0.0468. The number of rotatable bonds is 3. The molecule has 2 aromatic carbocycles. The fourth-order valence-electron chi connectivity index (χ4n) is 2.04. The number of hydrogen-bond acceptors (Lipinski definition) is 5. The van der Waals surface area contributed by atoms with Crippen molar-refractivity contribution in [2.45, 2.75) is 6.92 Å². The molecule has 0 aliphatic heterocycles. The first-order chi connectivity index (χ1) is 11.0. The number of carbonyl (C=O) groups is 1. The van der Waals surface area contributed by atoms with E-state index in [1.807, 2.05) is 19.1 Å². The zero-order chi connectivity index (χ0) is 16.4. The summed E-state index contributed by atoms with van der Waals surface area (Å²) in [6.07, 6.45) is 0. The van der Waals surface area contributed by atoms with E-state index in [0.29, 0.717) is 11.3 Å². The molecule has 0 aliphatic carbocycles. The first kappa shape index (κ1) is 14.7. The van der Waals surface area contributed by atoms with Crippen LogP contribution in [0.4, 0.5) is 22.0 Å². The van der Waals surface area contributed by atoms with Crippen LogP contribution in [-0.4, -0.2) is 20.7 Å². The Hall–Kier alpha value is -3.22. The Bertz CT molecular complexity index is 857. The average Bonchev–Trinajstić information content (AvgIpc) is 2.88. The molecule has 0 saturated carbocycles. The number of nitrogens with zero attached hydrogens (tertiary/aromatic N) is 3. The largest absolute Gasteiger partial charge is 0.368 e. The predicted octanol–water partition coefficient (Wildman–Crippen LogP) is 2.74. The van der Waals surface area contributed by atoms with Crippen LogP contribution in [0.15, 0.2) is 48.5 Å². The molecule has 0 saturated heterocycles. The van der Waals surface area contributed by atoms with Crippen molar-refractivity contribution in [3.05, 3.63) is 65.5 Å². The third-order valence-corrected chi connectivity index (χ3v) is 3.20. The lowest BCUT2D eigenvalue weighted by molar-refractivity contribution is 0.0948. The van der Waals surface area contributed by atoms with Gasteiger partial charge in [-0.2, -0.15) is 9.67 Å². The quantitative estimate of drug-likeness (QED) is 0.777. The molecule has 0 atom stereocenters. The highest BCUT2D eigenvalue weighted by Crippen LogP contribution is 2.16. The first-order valence-electron chi connectivity index (χ1n) is 6.89. The van der Waals surface area contributed by atoms with Crippen LogP contribution in [0.25, 0.3) is 0 Å². The second-order valence-electron chi connectivity index (χ2n) is 5.01. The molecule has 3 aromatic rings. The van der Waals surface area contributed by atoms with Gasteiger partial charge in [-0.25, -0.2) is 4.39 Å². The SMILES string of the molecule is Cc1ccc(C(=O)n2nc(Nc3cccc(F)c3)nc2N)cc1. The number of nitrogens with one attached hydrogen (secondary N) is 1.